The van der Waals surface area contributed by atoms with Crippen molar-refractivity contribution in [1.29, 1.82) is 0 Å². The molecule has 0 unspecified atom stereocenters. The van der Waals surface area contributed by atoms with Crippen molar-refractivity contribution in [1.82, 2.24) is 15.5 Å². The molecule has 5 aromatic rings. The fourth-order valence-corrected chi connectivity index (χ4v) is 4.43. The van der Waals surface area contributed by atoms with E-state index in [4.69, 9.17) is 13.7 Å². The van der Waals surface area contributed by atoms with E-state index >= 15 is 4.39 Å². The second-order valence-electron chi connectivity index (χ2n) is 11.5. The second-order valence-corrected chi connectivity index (χ2v) is 11.5. The third kappa shape index (κ3) is 7.83. The molecule has 1 atom stereocenters. The predicted octanol–water partition coefficient (Wildman–Crippen LogP) is 6.88. The van der Waals surface area contributed by atoms with E-state index in [0.717, 1.165) is 17.2 Å². The van der Waals surface area contributed by atoms with Crippen molar-refractivity contribution in [3.63, 3.8) is 0 Å². The molecule has 2 amide bonds. The Hall–Kier alpha value is -5.78. The summed E-state index contributed by atoms with van der Waals surface area (Å²) in [4.78, 5) is 41.0. The number of anilines is 1. The number of nitrogens with one attached hydrogen (secondary N) is 2. The van der Waals surface area contributed by atoms with Crippen LogP contribution >= 0.6 is 0 Å². The molecule has 0 radical (unpaired) electrons. The van der Waals surface area contributed by atoms with E-state index in [1.807, 2.05) is 31.2 Å². The first-order valence-electron chi connectivity index (χ1n) is 14.3. The summed E-state index contributed by atoms with van der Waals surface area (Å²) in [5.74, 6) is -2.18. The minimum Gasteiger partial charge on any atom is -0.480 e. The topological polar surface area (TPSA) is 157 Å². The van der Waals surface area contributed by atoms with Gasteiger partial charge in [-0.15, -0.1) is 0 Å². The highest BCUT2D eigenvalue weighted by atomic mass is 19.1. The molecule has 0 aliphatic rings. The Kier molecular flexibility index (Phi) is 8.99. The highest BCUT2D eigenvalue weighted by Crippen LogP contribution is 2.27. The largest absolute Gasteiger partial charge is 0.480 e. The fraction of sp³-hybridized carbons (Fsp3) is 0.206. The number of amides is 2. The van der Waals surface area contributed by atoms with E-state index in [1.54, 1.807) is 51.1 Å². The Labute approximate surface area is 263 Å². The molecule has 2 heterocycles. The Morgan fingerprint density at radius 2 is 1.65 bits per heavy atom. The highest BCUT2D eigenvalue weighted by Gasteiger charge is 2.24. The summed E-state index contributed by atoms with van der Waals surface area (Å²) >= 11 is 0. The van der Waals surface area contributed by atoms with Crippen LogP contribution in [0.15, 0.2) is 87.8 Å². The molecule has 0 fully saturated rings. The quantitative estimate of drug-likeness (QED) is 0.159. The molecule has 2 aromatic heterocycles. The zero-order valence-electron chi connectivity index (χ0n) is 25.5. The number of carboxylic acid groups (broad SMARTS) is 1. The lowest BCUT2D eigenvalue weighted by atomic mass is 10.0. The van der Waals surface area contributed by atoms with Crippen molar-refractivity contribution in [2.24, 2.45) is 0 Å². The van der Waals surface area contributed by atoms with Crippen LogP contribution in [0.4, 0.5) is 14.9 Å². The monoisotopic (exact) mass is 626 g/mol. The molecule has 236 valence electrons. The fourth-order valence-electron chi connectivity index (χ4n) is 4.43. The number of aryl methyl sites for hydroxylation is 1. The van der Waals surface area contributed by atoms with Crippen LogP contribution in [0.5, 0.6) is 0 Å². The Bertz CT molecular complexity index is 1870. The number of ether oxygens (including phenoxy) is 1. The van der Waals surface area contributed by atoms with E-state index in [-0.39, 0.29) is 29.5 Å². The first-order chi connectivity index (χ1) is 21.8. The van der Waals surface area contributed by atoms with Gasteiger partial charge in [-0.3, -0.25) is 10.1 Å². The number of nitrogens with zero attached hydrogens (tertiary/aromatic N) is 2. The minimum atomic E-state index is -1.35. The summed E-state index contributed by atoms with van der Waals surface area (Å²) in [6.45, 7) is 7.24. The summed E-state index contributed by atoms with van der Waals surface area (Å²) in [5, 5.41) is 18.7. The molecule has 0 saturated heterocycles. The molecule has 3 aromatic carbocycles. The van der Waals surface area contributed by atoms with Crippen molar-refractivity contribution >= 4 is 23.7 Å². The Morgan fingerprint density at radius 1 is 0.957 bits per heavy atom. The maximum Gasteiger partial charge on any atom is 0.412 e. The van der Waals surface area contributed by atoms with Crippen molar-refractivity contribution in [2.75, 3.05) is 5.32 Å². The number of aliphatic carboxylic acids is 1. The summed E-state index contributed by atoms with van der Waals surface area (Å²) in [5.41, 5.74) is 2.59. The van der Waals surface area contributed by atoms with E-state index in [2.05, 4.69) is 20.8 Å². The lowest BCUT2D eigenvalue weighted by molar-refractivity contribution is -0.139. The number of aromatic nitrogens is 2. The van der Waals surface area contributed by atoms with E-state index in [1.165, 1.54) is 18.2 Å². The van der Waals surface area contributed by atoms with Gasteiger partial charge in [-0.05, 0) is 81.8 Å². The van der Waals surface area contributed by atoms with Gasteiger partial charge in [0.2, 0.25) is 5.82 Å². The van der Waals surface area contributed by atoms with Crippen LogP contribution < -0.4 is 10.6 Å². The van der Waals surface area contributed by atoms with Gasteiger partial charge in [0.05, 0.1) is 5.56 Å². The molecular formula is C34H31FN4O7. The third-order valence-electron chi connectivity index (χ3n) is 6.69. The smallest absolute Gasteiger partial charge is 0.412 e. The number of carbonyl (C=O) groups is 3. The summed E-state index contributed by atoms with van der Waals surface area (Å²) in [6, 6.07) is 19.9. The standard InChI is InChI=1S/C34H31FN4O7/c1-19-5-8-21(9-6-19)27-15-16-28(44-27)30(40)37-26(32(41)42)18-20-7-14-24(25(35)17-20)29-38-31(46-39-29)22-10-12-23(13-11-22)36-33(43)45-34(2,3)4/h5-17,26H,18H2,1-4H3,(H,36,43)(H,37,40)(H,41,42)/t26-/m1/s1. The van der Waals surface area contributed by atoms with Gasteiger partial charge in [0.15, 0.2) is 5.76 Å². The number of benzene rings is 3. The van der Waals surface area contributed by atoms with Crippen molar-refractivity contribution < 1.29 is 37.6 Å². The van der Waals surface area contributed by atoms with Crippen LogP contribution in [-0.2, 0) is 16.0 Å². The molecule has 0 saturated carbocycles. The number of rotatable bonds is 9. The van der Waals surface area contributed by atoms with Gasteiger partial charge >= 0.3 is 12.1 Å². The summed E-state index contributed by atoms with van der Waals surface area (Å²) in [6.07, 6.45) is -0.786. The first kappa shape index (κ1) is 31.6. The number of halogens is 1. The van der Waals surface area contributed by atoms with Crippen LogP contribution in [0.2, 0.25) is 0 Å². The average Bonchev–Trinajstić information content (AvgIpc) is 3.68. The van der Waals surface area contributed by atoms with Gasteiger partial charge in [0.25, 0.3) is 11.8 Å². The minimum absolute atomic E-state index is 0.0136. The van der Waals surface area contributed by atoms with Crippen LogP contribution in [0, 0.1) is 12.7 Å². The summed E-state index contributed by atoms with van der Waals surface area (Å²) < 4.78 is 31.4. The van der Waals surface area contributed by atoms with E-state index < -0.39 is 35.4 Å². The van der Waals surface area contributed by atoms with Crippen molar-refractivity contribution in [3.8, 4) is 34.2 Å². The zero-order valence-corrected chi connectivity index (χ0v) is 25.5. The van der Waals surface area contributed by atoms with Crippen LogP contribution in [-0.4, -0.2) is 44.9 Å². The average molecular weight is 627 g/mol. The van der Waals surface area contributed by atoms with Gasteiger partial charge in [0, 0.05) is 23.2 Å². The number of hydrogen-bond donors (Lipinski definition) is 3. The van der Waals surface area contributed by atoms with Gasteiger partial charge in [-0.1, -0.05) is 41.1 Å². The van der Waals surface area contributed by atoms with Crippen molar-refractivity contribution in [3.05, 3.63) is 102 Å². The van der Waals surface area contributed by atoms with Gasteiger partial charge in [-0.25, -0.2) is 14.0 Å². The Balaban J connectivity index is 1.23. The van der Waals surface area contributed by atoms with Crippen LogP contribution in [0.25, 0.3) is 34.2 Å². The maximum absolute atomic E-state index is 15.2. The lowest BCUT2D eigenvalue weighted by Crippen LogP contribution is -2.42. The molecule has 3 N–H and O–H groups in total. The lowest BCUT2D eigenvalue weighted by Gasteiger charge is -2.19. The molecule has 0 spiro atoms. The first-order valence-corrected chi connectivity index (χ1v) is 14.3. The van der Waals surface area contributed by atoms with Gasteiger partial charge in [0.1, 0.15) is 23.2 Å². The number of carbonyl (C=O) groups excluding carboxylic acids is 2. The SMILES string of the molecule is Cc1ccc(-c2ccc(C(=O)N[C@H](Cc3ccc(-c4noc(-c5ccc(NC(=O)OC(C)(C)C)cc5)n4)c(F)c3)C(=O)O)o2)cc1. The molecule has 12 heteroatoms. The molecule has 5 rings (SSSR count). The number of carboxylic acids is 1. The molecule has 46 heavy (non-hydrogen) atoms. The highest BCUT2D eigenvalue weighted by molar-refractivity contribution is 5.95. The molecule has 0 aliphatic heterocycles. The second kappa shape index (κ2) is 13.1. The van der Waals surface area contributed by atoms with Crippen LogP contribution in [0.1, 0.15) is 42.5 Å². The van der Waals surface area contributed by atoms with Gasteiger partial charge in [-0.2, -0.15) is 4.98 Å². The third-order valence-corrected chi connectivity index (χ3v) is 6.69. The molecule has 0 bridgehead atoms. The number of hydrogen-bond acceptors (Lipinski definition) is 8. The number of furan rings is 1. The normalized spacial score (nSPS) is 11.9. The van der Waals surface area contributed by atoms with E-state index in [9.17, 15) is 19.5 Å². The zero-order chi connectivity index (χ0) is 33.0. The van der Waals surface area contributed by atoms with E-state index in [0.29, 0.717) is 22.6 Å². The van der Waals surface area contributed by atoms with Gasteiger partial charge < -0.3 is 24.1 Å². The summed E-state index contributed by atoms with van der Waals surface area (Å²) in [7, 11) is 0. The maximum atomic E-state index is 15.2. The van der Waals surface area contributed by atoms with Crippen LogP contribution in [0.3, 0.4) is 0 Å². The molecular weight excluding hydrogens is 595 g/mol. The predicted molar refractivity (Wildman–Crippen MR) is 166 cm³/mol. The Morgan fingerprint density at radius 3 is 2.30 bits per heavy atom. The molecule has 0 aliphatic carbocycles. The molecule has 11 nitrogen and oxygen atoms in total. The van der Waals surface area contributed by atoms with Crippen molar-refractivity contribution in [2.45, 2.75) is 45.8 Å².